The Balaban J connectivity index is 1.83. The van der Waals surface area contributed by atoms with Crippen LogP contribution in [0.5, 0.6) is 0 Å². The summed E-state index contributed by atoms with van der Waals surface area (Å²) in [5.41, 5.74) is 4.41. The molecule has 0 fully saturated rings. The summed E-state index contributed by atoms with van der Waals surface area (Å²) in [7, 11) is 0. The Morgan fingerprint density at radius 1 is 1.05 bits per heavy atom. The predicted molar refractivity (Wildman–Crippen MR) is 87.9 cm³/mol. The van der Waals surface area contributed by atoms with Gasteiger partial charge in [-0.05, 0) is 36.8 Å². The number of benzene rings is 2. The van der Waals surface area contributed by atoms with Crippen LogP contribution in [-0.4, -0.2) is 4.98 Å². The van der Waals surface area contributed by atoms with Crippen molar-refractivity contribution in [1.29, 1.82) is 0 Å². The second-order valence-electron chi connectivity index (χ2n) is 4.79. The fourth-order valence-corrected chi connectivity index (χ4v) is 2.46. The van der Waals surface area contributed by atoms with Gasteiger partial charge >= 0.3 is 0 Å². The maximum atomic E-state index is 4.63. The second-order valence-corrected chi connectivity index (χ2v) is 5.71. The number of rotatable bonds is 3. The Bertz CT molecular complexity index is 736. The lowest BCUT2D eigenvalue weighted by molar-refractivity contribution is 1.12. The smallest absolute Gasteiger partial charge is 0.0706 e. The fourth-order valence-electron chi connectivity index (χ4n) is 2.19. The van der Waals surface area contributed by atoms with Crippen molar-refractivity contribution >= 4 is 32.5 Å². The molecule has 0 atom stereocenters. The van der Waals surface area contributed by atoms with E-state index in [4.69, 9.17) is 0 Å². The first-order valence-corrected chi connectivity index (χ1v) is 7.36. The topological polar surface area (TPSA) is 24.9 Å². The van der Waals surface area contributed by atoms with Crippen molar-refractivity contribution in [2.45, 2.75) is 13.5 Å². The minimum atomic E-state index is 0.800. The highest BCUT2D eigenvalue weighted by Gasteiger charge is 2.02. The molecule has 0 amide bonds. The average molecular weight is 327 g/mol. The summed E-state index contributed by atoms with van der Waals surface area (Å²) < 4.78 is 1.10. The molecule has 2 aromatic carbocycles. The number of halogens is 1. The Hall–Kier alpha value is -1.87. The zero-order valence-electron chi connectivity index (χ0n) is 11.2. The van der Waals surface area contributed by atoms with Gasteiger partial charge in [-0.25, -0.2) is 0 Å². The van der Waals surface area contributed by atoms with Crippen molar-refractivity contribution in [2.24, 2.45) is 0 Å². The van der Waals surface area contributed by atoms with Crippen LogP contribution in [0, 0.1) is 6.92 Å². The first-order valence-electron chi connectivity index (χ1n) is 6.57. The highest BCUT2D eigenvalue weighted by Crippen LogP contribution is 2.21. The van der Waals surface area contributed by atoms with Crippen LogP contribution < -0.4 is 5.32 Å². The number of aromatic nitrogens is 1. The number of anilines is 1. The zero-order valence-corrected chi connectivity index (χ0v) is 12.8. The molecule has 20 heavy (non-hydrogen) atoms. The standard InChI is InChI=1S/C17H15BrN2/c1-12-17(10-14-4-2-3-5-16(14)20-12)19-11-13-6-8-15(18)9-7-13/h2-10,19H,11H2,1H3. The number of para-hydroxylation sites is 1. The van der Waals surface area contributed by atoms with Crippen molar-refractivity contribution in [2.75, 3.05) is 5.32 Å². The largest absolute Gasteiger partial charge is 0.379 e. The van der Waals surface area contributed by atoms with Gasteiger partial charge in [0.1, 0.15) is 0 Å². The number of hydrogen-bond donors (Lipinski definition) is 1. The summed E-state index contributed by atoms with van der Waals surface area (Å²) in [6, 6.07) is 18.7. The van der Waals surface area contributed by atoms with Gasteiger partial charge in [0.25, 0.3) is 0 Å². The van der Waals surface area contributed by atoms with Crippen molar-refractivity contribution < 1.29 is 0 Å². The second kappa shape index (κ2) is 5.63. The SMILES string of the molecule is Cc1nc2ccccc2cc1NCc1ccc(Br)cc1. The number of nitrogens with zero attached hydrogens (tertiary/aromatic N) is 1. The lowest BCUT2D eigenvalue weighted by atomic mass is 10.1. The minimum absolute atomic E-state index is 0.800. The monoisotopic (exact) mass is 326 g/mol. The Labute approximate surface area is 127 Å². The van der Waals surface area contributed by atoms with E-state index in [2.05, 4.69) is 62.6 Å². The van der Waals surface area contributed by atoms with Crippen molar-refractivity contribution in [1.82, 2.24) is 4.98 Å². The molecule has 0 aliphatic carbocycles. The number of aryl methyl sites for hydroxylation is 1. The van der Waals surface area contributed by atoms with Crippen LogP contribution in [0.1, 0.15) is 11.3 Å². The summed E-state index contributed by atoms with van der Waals surface area (Å²) in [5.74, 6) is 0. The Morgan fingerprint density at radius 3 is 2.60 bits per heavy atom. The summed E-state index contributed by atoms with van der Waals surface area (Å²) in [5, 5.41) is 4.63. The molecule has 100 valence electrons. The molecule has 0 aliphatic rings. The van der Waals surface area contributed by atoms with Crippen molar-refractivity contribution in [3.63, 3.8) is 0 Å². The molecule has 0 spiro atoms. The van der Waals surface area contributed by atoms with Gasteiger partial charge in [0.15, 0.2) is 0 Å². The quantitative estimate of drug-likeness (QED) is 0.739. The van der Waals surface area contributed by atoms with Crippen molar-refractivity contribution in [3.8, 4) is 0 Å². The molecule has 0 radical (unpaired) electrons. The van der Waals surface area contributed by atoms with Gasteiger partial charge in [-0.1, -0.05) is 46.3 Å². The third kappa shape index (κ3) is 2.83. The van der Waals surface area contributed by atoms with Gasteiger partial charge in [0.2, 0.25) is 0 Å². The predicted octanol–water partition coefficient (Wildman–Crippen LogP) is 4.92. The Kier molecular flexibility index (Phi) is 3.70. The molecule has 0 aliphatic heterocycles. The maximum Gasteiger partial charge on any atom is 0.0706 e. The number of fused-ring (bicyclic) bond motifs is 1. The summed E-state index contributed by atoms with van der Waals surface area (Å²) in [4.78, 5) is 4.63. The molecule has 0 saturated carbocycles. The van der Waals surface area contributed by atoms with Gasteiger partial charge in [0, 0.05) is 16.4 Å². The van der Waals surface area contributed by atoms with Gasteiger partial charge in [-0.2, -0.15) is 0 Å². The summed E-state index contributed by atoms with van der Waals surface area (Å²) in [6.45, 7) is 2.84. The van der Waals surface area contributed by atoms with Gasteiger partial charge in [-0.15, -0.1) is 0 Å². The van der Waals surface area contributed by atoms with Crippen LogP contribution in [0.2, 0.25) is 0 Å². The van der Waals surface area contributed by atoms with Gasteiger partial charge in [0.05, 0.1) is 16.9 Å². The van der Waals surface area contributed by atoms with Crippen LogP contribution in [0.15, 0.2) is 59.1 Å². The van der Waals surface area contributed by atoms with E-state index in [1.165, 1.54) is 5.56 Å². The fraction of sp³-hybridized carbons (Fsp3) is 0.118. The van der Waals surface area contributed by atoms with E-state index < -0.39 is 0 Å². The maximum absolute atomic E-state index is 4.63. The molecule has 3 heteroatoms. The number of pyridine rings is 1. The lowest BCUT2D eigenvalue weighted by Crippen LogP contribution is -2.02. The molecule has 3 rings (SSSR count). The van der Waals surface area contributed by atoms with E-state index in [1.807, 2.05) is 25.1 Å². The van der Waals surface area contributed by atoms with Crippen molar-refractivity contribution in [3.05, 3.63) is 70.3 Å². The molecule has 0 saturated heterocycles. The summed E-state index contributed by atoms with van der Waals surface area (Å²) in [6.07, 6.45) is 0. The third-order valence-corrected chi connectivity index (χ3v) is 3.84. The van der Waals surface area contributed by atoms with Crippen LogP contribution >= 0.6 is 15.9 Å². The molecule has 3 aromatic rings. The van der Waals surface area contributed by atoms with Crippen LogP contribution in [0.25, 0.3) is 10.9 Å². The number of hydrogen-bond acceptors (Lipinski definition) is 2. The first kappa shape index (κ1) is 13.1. The van der Waals surface area contributed by atoms with E-state index in [1.54, 1.807) is 0 Å². The molecular weight excluding hydrogens is 312 g/mol. The average Bonchev–Trinajstić information content (AvgIpc) is 2.47. The molecular formula is C17H15BrN2. The highest BCUT2D eigenvalue weighted by atomic mass is 79.9. The van der Waals surface area contributed by atoms with Crippen LogP contribution in [0.3, 0.4) is 0 Å². The highest BCUT2D eigenvalue weighted by molar-refractivity contribution is 9.10. The third-order valence-electron chi connectivity index (χ3n) is 3.31. The molecule has 1 aromatic heterocycles. The number of nitrogens with one attached hydrogen (secondary N) is 1. The van der Waals surface area contributed by atoms with Crippen LogP contribution in [0.4, 0.5) is 5.69 Å². The normalized spacial score (nSPS) is 10.7. The van der Waals surface area contributed by atoms with Gasteiger partial charge in [-0.3, -0.25) is 4.98 Å². The van der Waals surface area contributed by atoms with E-state index in [0.29, 0.717) is 0 Å². The van der Waals surface area contributed by atoms with Crippen LogP contribution in [-0.2, 0) is 6.54 Å². The lowest BCUT2D eigenvalue weighted by Gasteiger charge is -2.10. The molecule has 0 bridgehead atoms. The molecule has 2 nitrogen and oxygen atoms in total. The van der Waals surface area contributed by atoms with E-state index in [0.717, 1.165) is 33.3 Å². The van der Waals surface area contributed by atoms with Gasteiger partial charge < -0.3 is 5.32 Å². The minimum Gasteiger partial charge on any atom is -0.379 e. The van der Waals surface area contributed by atoms with E-state index >= 15 is 0 Å². The van der Waals surface area contributed by atoms with E-state index in [-0.39, 0.29) is 0 Å². The van der Waals surface area contributed by atoms with E-state index in [9.17, 15) is 0 Å². The Morgan fingerprint density at radius 2 is 1.80 bits per heavy atom. The first-order chi connectivity index (χ1) is 9.72. The summed E-state index contributed by atoms with van der Waals surface area (Å²) >= 11 is 3.45. The molecule has 0 unspecified atom stereocenters. The molecule has 1 N–H and O–H groups in total. The molecule has 1 heterocycles. The zero-order chi connectivity index (χ0) is 13.9.